The number of aryl methyl sites for hydroxylation is 2. The summed E-state index contributed by atoms with van der Waals surface area (Å²) in [4.78, 5) is 31.7. The number of anilines is 1. The van der Waals surface area contributed by atoms with E-state index < -0.39 is 0 Å². The van der Waals surface area contributed by atoms with Crippen LogP contribution in [-0.4, -0.2) is 56.3 Å². The van der Waals surface area contributed by atoms with E-state index in [0.29, 0.717) is 35.7 Å². The van der Waals surface area contributed by atoms with Gasteiger partial charge in [0.15, 0.2) is 5.82 Å². The number of pyridine rings is 1. The molecule has 1 aromatic carbocycles. The fraction of sp³-hybridized carbons (Fsp3) is 0.333. The molecular formula is C24H27N5O3. The standard InChI is InChI=1S/C24H27N5O3/c1-16-12-17(2)29(27-16)22-7-6-20(14-25-22)23(31)26-21-5-3-4-19(13-21)24(32)28-10-8-18(15-30)9-11-28/h3-7,12-14,18,30H,8-11,15H2,1-2H3,(H,26,31). The van der Waals surface area contributed by atoms with Gasteiger partial charge in [-0.2, -0.15) is 5.10 Å². The van der Waals surface area contributed by atoms with Crippen LogP contribution in [0.5, 0.6) is 0 Å². The van der Waals surface area contributed by atoms with Gasteiger partial charge in [0.25, 0.3) is 11.8 Å². The van der Waals surface area contributed by atoms with Crippen LogP contribution in [0.25, 0.3) is 5.82 Å². The van der Waals surface area contributed by atoms with Crippen molar-refractivity contribution in [3.8, 4) is 5.82 Å². The Morgan fingerprint density at radius 3 is 2.50 bits per heavy atom. The summed E-state index contributed by atoms with van der Waals surface area (Å²) in [6.07, 6.45) is 3.13. The molecule has 0 unspecified atom stereocenters. The summed E-state index contributed by atoms with van der Waals surface area (Å²) in [7, 11) is 0. The van der Waals surface area contributed by atoms with Gasteiger partial charge >= 0.3 is 0 Å². The van der Waals surface area contributed by atoms with Crippen molar-refractivity contribution in [2.24, 2.45) is 5.92 Å². The van der Waals surface area contributed by atoms with E-state index in [0.717, 1.165) is 24.2 Å². The van der Waals surface area contributed by atoms with Gasteiger partial charge in [-0.3, -0.25) is 9.59 Å². The number of benzene rings is 1. The highest BCUT2D eigenvalue weighted by molar-refractivity contribution is 6.05. The molecule has 1 fully saturated rings. The van der Waals surface area contributed by atoms with Crippen LogP contribution < -0.4 is 5.32 Å². The second-order valence-electron chi connectivity index (χ2n) is 8.20. The number of aliphatic hydroxyl groups excluding tert-OH is 1. The fourth-order valence-corrected chi connectivity index (χ4v) is 3.94. The van der Waals surface area contributed by atoms with Crippen LogP contribution in [-0.2, 0) is 0 Å². The Labute approximate surface area is 186 Å². The highest BCUT2D eigenvalue weighted by Crippen LogP contribution is 2.20. The minimum atomic E-state index is -0.300. The molecule has 8 heteroatoms. The van der Waals surface area contributed by atoms with Gasteiger partial charge in [0.05, 0.1) is 11.3 Å². The number of hydrogen-bond donors (Lipinski definition) is 2. The van der Waals surface area contributed by atoms with E-state index in [2.05, 4.69) is 15.4 Å². The molecule has 2 amide bonds. The third kappa shape index (κ3) is 4.70. The zero-order chi connectivity index (χ0) is 22.7. The molecule has 1 aliphatic heterocycles. The molecule has 8 nitrogen and oxygen atoms in total. The Bertz CT molecular complexity index is 1110. The first-order valence-corrected chi connectivity index (χ1v) is 10.8. The van der Waals surface area contributed by atoms with Crippen molar-refractivity contribution in [2.45, 2.75) is 26.7 Å². The van der Waals surface area contributed by atoms with Gasteiger partial charge in [-0.15, -0.1) is 0 Å². The molecule has 3 heterocycles. The zero-order valence-electron chi connectivity index (χ0n) is 18.3. The van der Waals surface area contributed by atoms with Crippen LogP contribution in [0.15, 0.2) is 48.7 Å². The maximum absolute atomic E-state index is 12.8. The Kier molecular flexibility index (Phi) is 6.32. The van der Waals surface area contributed by atoms with E-state index in [1.165, 1.54) is 6.20 Å². The molecule has 1 saturated heterocycles. The summed E-state index contributed by atoms with van der Waals surface area (Å²) in [5.74, 6) is 0.551. The second kappa shape index (κ2) is 9.32. The van der Waals surface area contributed by atoms with Crippen molar-refractivity contribution in [2.75, 3.05) is 25.0 Å². The van der Waals surface area contributed by atoms with Crippen molar-refractivity contribution in [1.82, 2.24) is 19.7 Å². The minimum Gasteiger partial charge on any atom is -0.396 e. The average Bonchev–Trinajstić information content (AvgIpc) is 3.16. The highest BCUT2D eigenvalue weighted by atomic mass is 16.3. The lowest BCUT2D eigenvalue weighted by molar-refractivity contribution is 0.0650. The van der Waals surface area contributed by atoms with Gasteiger partial charge in [-0.25, -0.2) is 9.67 Å². The first-order valence-electron chi connectivity index (χ1n) is 10.8. The Morgan fingerprint density at radius 1 is 1.09 bits per heavy atom. The maximum Gasteiger partial charge on any atom is 0.257 e. The van der Waals surface area contributed by atoms with Gasteiger partial charge in [0.2, 0.25) is 0 Å². The van der Waals surface area contributed by atoms with E-state index in [1.54, 1.807) is 46.0 Å². The van der Waals surface area contributed by atoms with Crippen molar-refractivity contribution in [1.29, 1.82) is 0 Å². The molecule has 2 N–H and O–H groups in total. The topological polar surface area (TPSA) is 100 Å². The monoisotopic (exact) mass is 433 g/mol. The third-order valence-electron chi connectivity index (χ3n) is 5.76. The molecule has 0 atom stereocenters. The van der Waals surface area contributed by atoms with E-state index in [1.807, 2.05) is 19.9 Å². The van der Waals surface area contributed by atoms with Gasteiger partial charge in [0, 0.05) is 42.8 Å². The van der Waals surface area contributed by atoms with E-state index in [4.69, 9.17) is 0 Å². The highest BCUT2D eigenvalue weighted by Gasteiger charge is 2.23. The SMILES string of the molecule is Cc1cc(C)n(-c2ccc(C(=O)Nc3cccc(C(=O)N4CCC(CO)CC4)c3)cn2)n1. The Morgan fingerprint density at radius 2 is 1.88 bits per heavy atom. The number of piperidine rings is 1. The number of likely N-dealkylation sites (tertiary alicyclic amines) is 1. The van der Waals surface area contributed by atoms with Crippen LogP contribution in [0, 0.1) is 19.8 Å². The number of carbonyl (C=O) groups excluding carboxylic acids is 2. The predicted octanol–water partition coefficient (Wildman–Crippen LogP) is 2.98. The molecule has 0 aliphatic carbocycles. The van der Waals surface area contributed by atoms with Crippen molar-refractivity contribution in [3.05, 3.63) is 71.2 Å². The molecule has 4 rings (SSSR count). The lowest BCUT2D eigenvalue weighted by Crippen LogP contribution is -2.39. The lowest BCUT2D eigenvalue weighted by Gasteiger charge is -2.31. The number of aliphatic hydroxyl groups is 1. The van der Waals surface area contributed by atoms with Crippen molar-refractivity contribution < 1.29 is 14.7 Å². The smallest absolute Gasteiger partial charge is 0.257 e. The third-order valence-corrected chi connectivity index (χ3v) is 5.76. The molecular weight excluding hydrogens is 406 g/mol. The molecule has 2 aromatic heterocycles. The number of amides is 2. The van der Waals surface area contributed by atoms with E-state index in [-0.39, 0.29) is 24.3 Å². The van der Waals surface area contributed by atoms with Gasteiger partial charge < -0.3 is 15.3 Å². The fourth-order valence-electron chi connectivity index (χ4n) is 3.94. The Hall–Kier alpha value is -3.52. The number of carbonyl (C=O) groups is 2. The Balaban J connectivity index is 1.42. The van der Waals surface area contributed by atoms with Crippen LogP contribution in [0.4, 0.5) is 5.69 Å². The first-order chi connectivity index (χ1) is 15.4. The van der Waals surface area contributed by atoms with Gasteiger partial charge in [-0.05, 0) is 69.0 Å². The molecule has 0 bridgehead atoms. The molecule has 3 aromatic rings. The number of aromatic nitrogens is 3. The van der Waals surface area contributed by atoms with Crippen molar-refractivity contribution in [3.63, 3.8) is 0 Å². The summed E-state index contributed by atoms with van der Waals surface area (Å²) < 4.78 is 1.73. The first kappa shape index (κ1) is 21.7. The maximum atomic E-state index is 12.8. The lowest BCUT2D eigenvalue weighted by atomic mass is 9.97. The second-order valence-corrected chi connectivity index (χ2v) is 8.20. The minimum absolute atomic E-state index is 0.0617. The van der Waals surface area contributed by atoms with Crippen LogP contribution >= 0.6 is 0 Å². The van der Waals surface area contributed by atoms with Crippen LogP contribution in [0.2, 0.25) is 0 Å². The predicted molar refractivity (Wildman–Crippen MR) is 121 cm³/mol. The van der Waals surface area contributed by atoms with E-state index >= 15 is 0 Å². The molecule has 0 radical (unpaired) electrons. The molecule has 0 saturated carbocycles. The zero-order valence-corrected chi connectivity index (χ0v) is 18.3. The van der Waals surface area contributed by atoms with Crippen LogP contribution in [0.1, 0.15) is 44.9 Å². The van der Waals surface area contributed by atoms with Crippen molar-refractivity contribution >= 4 is 17.5 Å². The average molecular weight is 434 g/mol. The summed E-state index contributed by atoms with van der Waals surface area (Å²) in [5, 5.41) is 16.5. The normalized spacial score (nSPS) is 14.4. The summed E-state index contributed by atoms with van der Waals surface area (Å²) in [6.45, 7) is 5.30. The largest absolute Gasteiger partial charge is 0.396 e. The molecule has 1 aliphatic rings. The number of nitrogens with zero attached hydrogens (tertiary/aromatic N) is 4. The molecule has 32 heavy (non-hydrogen) atoms. The summed E-state index contributed by atoms with van der Waals surface area (Å²) in [6, 6.07) is 12.4. The molecule has 0 spiro atoms. The van der Waals surface area contributed by atoms with Crippen LogP contribution in [0.3, 0.4) is 0 Å². The molecule has 166 valence electrons. The van der Waals surface area contributed by atoms with Gasteiger partial charge in [0.1, 0.15) is 0 Å². The number of hydrogen-bond acceptors (Lipinski definition) is 5. The summed E-state index contributed by atoms with van der Waals surface area (Å²) >= 11 is 0. The number of nitrogens with one attached hydrogen (secondary N) is 1. The van der Waals surface area contributed by atoms with Gasteiger partial charge in [-0.1, -0.05) is 6.07 Å². The van der Waals surface area contributed by atoms with E-state index in [9.17, 15) is 14.7 Å². The summed E-state index contributed by atoms with van der Waals surface area (Å²) in [5.41, 5.74) is 3.36. The quantitative estimate of drug-likeness (QED) is 0.644. The number of rotatable bonds is 5.